The van der Waals surface area contributed by atoms with Gasteiger partial charge in [0.25, 0.3) is 0 Å². The number of hydrogen-bond acceptors (Lipinski definition) is 9. The molecule has 4 N–H and O–H groups in total. The second-order valence-electron chi connectivity index (χ2n) is 10.6. The van der Waals surface area contributed by atoms with Gasteiger partial charge in [0, 0.05) is 58.4 Å². The van der Waals surface area contributed by atoms with E-state index >= 15 is 0 Å². The Labute approximate surface area is 238 Å². The molecule has 204 valence electrons. The quantitative estimate of drug-likeness (QED) is 0.282. The molecule has 0 aliphatic carbocycles. The minimum atomic E-state index is -0.359. The van der Waals surface area contributed by atoms with Gasteiger partial charge in [-0.1, -0.05) is 22.9 Å². The monoisotopic (exact) mass is 585 g/mol. The van der Waals surface area contributed by atoms with E-state index in [1.165, 1.54) is 6.07 Å². The van der Waals surface area contributed by atoms with Gasteiger partial charge in [-0.25, -0.2) is 14.2 Å². The number of nitrogens with two attached hydrogens (primary N) is 1. The van der Waals surface area contributed by atoms with Crippen LogP contribution < -0.4 is 27.0 Å². The molecule has 3 aliphatic heterocycles. The number of anilines is 2. The Balaban J connectivity index is 1.48. The standard InChI is InChI=1S/C27H29ClFN7OS2/c1-31-8-2-3-15-12-38-24-20(16-6-7-19(29)23-21(16)33-26(30)39-23)18(28)9-17-22(24)36(15)27(37)34-25(17)35-10-13-4-5-14(11-35)32-13/h6-7,9,13-15,31-32H,2-5,8,10-12H2,1H3,(H2,30,33)/t13?,14?,15-/m0/s1. The average molecular weight is 586 g/mol. The Bertz CT molecular complexity index is 1660. The first-order valence-electron chi connectivity index (χ1n) is 13.3. The minimum absolute atomic E-state index is 0.0174. The van der Waals surface area contributed by atoms with Gasteiger partial charge < -0.3 is 21.3 Å². The normalized spacial score (nSPS) is 22.3. The first-order valence-corrected chi connectivity index (χ1v) is 15.5. The molecule has 2 fully saturated rings. The molecule has 2 unspecified atom stereocenters. The van der Waals surface area contributed by atoms with Crippen LogP contribution in [0.1, 0.15) is 31.7 Å². The molecule has 7 rings (SSSR count). The summed E-state index contributed by atoms with van der Waals surface area (Å²) < 4.78 is 17.0. The van der Waals surface area contributed by atoms with Crippen molar-refractivity contribution in [1.82, 2.24) is 25.2 Å². The second-order valence-corrected chi connectivity index (χ2v) is 13.1. The van der Waals surface area contributed by atoms with E-state index in [4.69, 9.17) is 22.3 Å². The first kappa shape index (κ1) is 25.5. The molecule has 12 heteroatoms. The predicted molar refractivity (Wildman–Crippen MR) is 159 cm³/mol. The van der Waals surface area contributed by atoms with Gasteiger partial charge in [-0.05, 0) is 57.5 Å². The van der Waals surface area contributed by atoms with Crippen molar-refractivity contribution in [1.29, 1.82) is 0 Å². The van der Waals surface area contributed by atoms with Crippen molar-refractivity contribution in [3.63, 3.8) is 0 Å². The Morgan fingerprint density at radius 1 is 1.26 bits per heavy atom. The maximum Gasteiger partial charge on any atom is 0.350 e. The summed E-state index contributed by atoms with van der Waals surface area (Å²) >= 11 is 9.92. The van der Waals surface area contributed by atoms with Gasteiger partial charge in [0.2, 0.25) is 0 Å². The van der Waals surface area contributed by atoms with Gasteiger partial charge in [-0.15, -0.1) is 11.8 Å². The van der Waals surface area contributed by atoms with Crippen LogP contribution in [-0.2, 0) is 0 Å². The molecule has 3 atom stereocenters. The van der Waals surface area contributed by atoms with Crippen molar-refractivity contribution in [2.24, 2.45) is 0 Å². The molecule has 0 saturated carbocycles. The number of aromatic nitrogens is 3. The number of piperazine rings is 1. The summed E-state index contributed by atoms with van der Waals surface area (Å²) in [5.41, 5.74) is 8.62. The zero-order chi connectivity index (χ0) is 26.8. The van der Waals surface area contributed by atoms with Crippen LogP contribution in [0.2, 0.25) is 5.02 Å². The number of thioether (sulfide) groups is 1. The van der Waals surface area contributed by atoms with E-state index in [0.29, 0.717) is 38.3 Å². The van der Waals surface area contributed by atoms with Crippen LogP contribution in [-0.4, -0.2) is 59.1 Å². The molecule has 4 aromatic rings. The SMILES string of the molecule is CNCCC[C@H]1CSc2c(-c3ccc(F)c4sc(N)nc34)c(Cl)cc3c(N4CC5CCC(C4)N5)nc(=O)n1c23. The number of nitrogen functional groups attached to an aromatic ring is 1. The molecule has 5 heterocycles. The number of hydrogen-bond donors (Lipinski definition) is 3. The molecule has 39 heavy (non-hydrogen) atoms. The molecule has 2 aromatic carbocycles. The zero-order valence-electron chi connectivity index (χ0n) is 21.5. The molecule has 2 aromatic heterocycles. The topological polar surface area (TPSA) is 101 Å². The molecule has 0 amide bonds. The molecular formula is C27H29ClFN7OS2. The lowest BCUT2D eigenvalue weighted by Gasteiger charge is -2.36. The molecule has 0 spiro atoms. The third-order valence-electron chi connectivity index (χ3n) is 8.14. The molecule has 8 nitrogen and oxygen atoms in total. The van der Waals surface area contributed by atoms with Crippen molar-refractivity contribution in [2.45, 2.75) is 48.7 Å². The van der Waals surface area contributed by atoms with Crippen LogP contribution in [0.25, 0.3) is 32.2 Å². The maximum absolute atomic E-state index is 14.7. The average Bonchev–Trinajstić information content (AvgIpc) is 3.48. The summed E-state index contributed by atoms with van der Waals surface area (Å²) in [6.45, 7) is 2.50. The summed E-state index contributed by atoms with van der Waals surface area (Å²) in [5, 5.41) is 8.59. The van der Waals surface area contributed by atoms with Crippen LogP contribution in [0.15, 0.2) is 27.9 Å². The lowest BCUT2D eigenvalue weighted by atomic mass is 10.0. The highest BCUT2D eigenvalue weighted by Crippen LogP contribution is 2.50. The number of thiazole rings is 1. The van der Waals surface area contributed by atoms with Crippen molar-refractivity contribution in [3.8, 4) is 11.1 Å². The van der Waals surface area contributed by atoms with E-state index in [-0.39, 0.29) is 17.5 Å². The predicted octanol–water partition coefficient (Wildman–Crippen LogP) is 4.63. The van der Waals surface area contributed by atoms with Crippen molar-refractivity contribution in [3.05, 3.63) is 39.5 Å². The fourth-order valence-electron chi connectivity index (χ4n) is 6.44. The lowest BCUT2D eigenvalue weighted by molar-refractivity contribution is 0.459. The van der Waals surface area contributed by atoms with E-state index in [9.17, 15) is 9.18 Å². The Hall–Kier alpha value is -2.44. The van der Waals surface area contributed by atoms with Crippen LogP contribution in [0.5, 0.6) is 0 Å². The van der Waals surface area contributed by atoms with Gasteiger partial charge in [0.05, 0.1) is 20.8 Å². The summed E-state index contributed by atoms with van der Waals surface area (Å²) in [5.74, 6) is 1.07. The minimum Gasteiger partial charge on any atom is -0.375 e. The fourth-order valence-corrected chi connectivity index (χ4v) is 8.95. The number of benzene rings is 2. The fraction of sp³-hybridized carbons (Fsp3) is 0.444. The van der Waals surface area contributed by atoms with Crippen molar-refractivity contribution < 1.29 is 4.39 Å². The highest BCUT2D eigenvalue weighted by atomic mass is 35.5. The largest absolute Gasteiger partial charge is 0.375 e. The smallest absolute Gasteiger partial charge is 0.350 e. The third kappa shape index (κ3) is 4.21. The maximum atomic E-state index is 14.7. The van der Waals surface area contributed by atoms with E-state index in [2.05, 4.69) is 20.5 Å². The Morgan fingerprint density at radius 2 is 2.05 bits per heavy atom. The highest BCUT2D eigenvalue weighted by molar-refractivity contribution is 7.99. The van der Waals surface area contributed by atoms with Crippen LogP contribution in [0.4, 0.5) is 15.3 Å². The molecular weight excluding hydrogens is 557 g/mol. The molecule has 2 saturated heterocycles. The molecule has 3 aliphatic rings. The summed E-state index contributed by atoms with van der Waals surface area (Å²) in [4.78, 5) is 26.1. The molecule has 2 bridgehead atoms. The van der Waals surface area contributed by atoms with Crippen molar-refractivity contribution in [2.75, 3.05) is 43.1 Å². The number of halogens is 2. The Morgan fingerprint density at radius 3 is 2.82 bits per heavy atom. The van der Waals surface area contributed by atoms with Crippen LogP contribution in [0, 0.1) is 5.82 Å². The third-order valence-corrected chi connectivity index (χ3v) is 10.6. The Kier molecular flexibility index (Phi) is 6.47. The highest BCUT2D eigenvalue weighted by Gasteiger charge is 2.36. The van der Waals surface area contributed by atoms with Gasteiger partial charge >= 0.3 is 5.69 Å². The zero-order valence-corrected chi connectivity index (χ0v) is 23.9. The summed E-state index contributed by atoms with van der Waals surface area (Å²) in [6.07, 6.45) is 4.08. The van der Waals surface area contributed by atoms with E-state index in [0.717, 1.165) is 89.3 Å². The lowest BCUT2D eigenvalue weighted by Crippen LogP contribution is -2.52. The number of nitrogens with zero attached hydrogens (tertiary/aromatic N) is 4. The van der Waals surface area contributed by atoms with Gasteiger partial charge in [-0.2, -0.15) is 4.98 Å². The van der Waals surface area contributed by atoms with Gasteiger partial charge in [-0.3, -0.25) is 4.57 Å². The van der Waals surface area contributed by atoms with Crippen molar-refractivity contribution >= 4 is 66.8 Å². The number of nitrogens with one attached hydrogen (secondary N) is 2. The summed E-state index contributed by atoms with van der Waals surface area (Å²) in [7, 11) is 1.94. The van der Waals surface area contributed by atoms with Gasteiger partial charge in [0.15, 0.2) is 5.13 Å². The van der Waals surface area contributed by atoms with Crippen LogP contribution in [0.3, 0.4) is 0 Å². The number of fused-ring (bicyclic) bond motifs is 3. The van der Waals surface area contributed by atoms with E-state index in [1.54, 1.807) is 17.8 Å². The number of rotatable bonds is 6. The van der Waals surface area contributed by atoms with E-state index < -0.39 is 0 Å². The second kappa shape index (κ2) is 9.88. The van der Waals surface area contributed by atoms with E-state index in [1.807, 2.05) is 17.7 Å². The first-order chi connectivity index (χ1) is 18.9. The molecule has 0 radical (unpaired) electrons. The van der Waals surface area contributed by atoms with Crippen LogP contribution >= 0.6 is 34.7 Å². The summed E-state index contributed by atoms with van der Waals surface area (Å²) in [6, 6.07) is 5.92. The van der Waals surface area contributed by atoms with Gasteiger partial charge in [0.1, 0.15) is 11.6 Å².